The number of ether oxygens (including phenoxy) is 2. The molecule has 0 saturated carbocycles. The van der Waals surface area contributed by atoms with E-state index in [1.807, 2.05) is 56.3 Å². The van der Waals surface area contributed by atoms with Crippen LogP contribution in [0.3, 0.4) is 0 Å². The molecule has 1 heterocycles. The minimum atomic E-state index is -0.585. The third-order valence-electron chi connectivity index (χ3n) is 4.95. The molecule has 3 rings (SSSR count). The van der Waals surface area contributed by atoms with E-state index in [0.717, 1.165) is 22.4 Å². The van der Waals surface area contributed by atoms with Crippen LogP contribution in [0.2, 0.25) is 0 Å². The number of carbonyl (C=O) groups is 2. The molecule has 27 heavy (non-hydrogen) atoms. The molecule has 0 aromatic heterocycles. The van der Waals surface area contributed by atoms with Gasteiger partial charge in [0.15, 0.2) is 0 Å². The molecular weight excluding hydrogens is 342 g/mol. The van der Waals surface area contributed by atoms with E-state index in [1.54, 1.807) is 4.90 Å². The standard InChI is InChI=1S/C22H25NO4/c1-15-8-9-20(16(2)12-15)27-11-10-21(24)23-14-18-7-5-4-6-17(18)13-19(23)22(25)26-3/h4-9,12,19H,10-11,13-14H2,1-3H3. The second-order valence-electron chi connectivity index (χ2n) is 6.90. The van der Waals surface area contributed by atoms with Crippen LogP contribution < -0.4 is 4.74 Å². The zero-order valence-corrected chi connectivity index (χ0v) is 16.0. The van der Waals surface area contributed by atoms with Gasteiger partial charge < -0.3 is 14.4 Å². The third-order valence-corrected chi connectivity index (χ3v) is 4.95. The Morgan fingerprint density at radius 1 is 1.11 bits per heavy atom. The van der Waals surface area contributed by atoms with Gasteiger partial charge in [0.05, 0.1) is 20.1 Å². The minimum Gasteiger partial charge on any atom is -0.493 e. The lowest BCUT2D eigenvalue weighted by Crippen LogP contribution is -2.49. The number of carbonyl (C=O) groups excluding carboxylic acids is 2. The van der Waals surface area contributed by atoms with Crippen LogP contribution in [-0.4, -0.2) is 36.5 Å². The van der Waals surface area contributed by atoms with Gasteiger partial charge in [0.2, 0.25) is 5.91 Å². The van der Waals surface area contributed by atoms with Crippen molar-refractivity contribution in [1.82, 2.24) is 4.90 Å². The lowest BCUT2D eigenvalue weighted by atomic mass is 9.93. The summed E-state index contributed by atoms with van der Waals surface area (Å²) in [5.41, 5.74) is 4.37. The molecule has 0 aliphatic carbocycles. The van der Waals surface area contributed by atoms with Gasteiger partial charge in [0.1, 0.15) is 11.8 Å². The average Bonchev–Trinajstić information content (AvgIpc) is 2.67. The maximum absolute atomic E-state index is 12.8. The number of benzene rings is 2. The van der Waals surface area contributed by atoms with E-state index in [1.165, 1.54) is 12.7 Å². The largest absolute Gasteiger partial charge is 0.493 e. The Balaban J connectivity index is 1.67. The van der Waals surface area contributed by atoms with Gasteiger partial charge in [0.25, 0.3) is 0 Å². The number of esters is 1. The Morgan fingerprint density at radius 2 is 1.85 bits per heavy atom. The molecule has 1 unspecified atom stereocenters. The number of hydrogen-bond acceptors (Lipinski definition) is 4. The molecule has 0 spiro atoms. The van der Waals surface area contributed by atoms with Gasteiger partial charge in [-0.25, -0.2) is 4.79 Å². The van der Waals surface area contributed by atoms with Gasteiger partial charge in [-0.15, -0.1) is 0 Å². The molecule has 0 radical (unpaired) electrons. The van der Waals surface area contributed by atoms with E-state index in [0.29, 0.717) is 13.0 Å². The van der Waals surface area contributed by atoms with Gasteiger partial charge in [-0.3, -0.25) is 4.79 Å². The van der Waals surface area contributed by atoms with Crippen LogP contribution in [0, 0.1) is 13.8 Å². The summed E-state index contributed by atoms with van der Waals surface area (Å²) in [4.78, 5) is 26.6. The summed E-state index contributed by atoms with van der Waals surface area (Å²) in [6, 6.07) is 13.3. The first-order valence-electron chi connectivity index (χ1n) is 9.13. The zero-order chi connectivity index (χ0) is 19.4. The van der Waals surface area contributed by atoms with Crippen LogP contribution >= 0.6 is 0 Å². The Bertz CT molecular complexity index is 846. The summed E-state index contributed by atoms with van der Waals surface area (Å²) in [6.45, 7) is 4.70. The first-order valence-corrected chi connectivity index (χ1v) is 9.13. The van der Waals surface area contributed by atoms with Gasteiger partial charge >= 0.3 is 5.97 Å². The Kier molecular flexibility index (Phi) is 5.79. The highest BCUT2D eigenvalue weighted by molar-refractivity contribution is 5.85. The number of aryl methyl sites for hydroxylation is 2. The molecule has 5 nitrogen and oxygen atoms in total. The van der Waals surface area contributed by atoms with Gasteiger partial charge in [-0.05, 0) is 36.6 Å². The lowest BCUT2D eigenvalue weighted by Gasteiger charge is -2.35. The fourth-order valence-corrected chi connectivity index (χ4v) is 3.48. The van der Waals surface area contributed by atoms with Gasteiger partial charge in [-0.2, -0.15) is 0 Å². The zero-order valence-electron chi connectivity index (χ0n) is 16.0. The van der Waals surface area contributed by atoms with Crippen LogP contribution in [0.4, 0.5) is 0 Å². The smallest absolute Gasteiger partial charge is 0.328 e. The number of hydrogen-bond donors (Lipinski definition) is 0. The molecule has 0 N–H and O–H groups in total. The van der Waals surface area contributed by atoms with Crippen LogP contribution in [0.15, 0.2) is 42.5 Å². The summed E-state index contributed by atoms with van der Waals surface area (Å²) in [5.74, 6) is 0.291. The molecule has 2 aromatic rings. The van der Waals surface area contributed by atoms with Gasteiger partial charge in [0, 0.05) is 13.0 Å². The van der Waals surface area contributed by atoms with Crippen LogP contribution in [-0.2, 0) is 27.3 Å². The second-order valence-corrected chi connectivity index (χ2v) is 6.90. The van der Waals surface area contributed by atoms with E-state index < -0.39 is 6.04 Å². The van der Waals surface area contributed by atoms with Crippen LogP contribution in [0.25, 0.3) is 0 Å². The van der Waals surface area contributed by atoms with Crippen molar-refractivity contribution in [3.05, 3.63) is 64.7 Å². The van der Waals surface area contributed by atoms with E-state index in [4.69, 9.17) is 9.47 Å². The quantitative estimate of drug-likeness (QED) is 0.762. The molecule has 5 heteroatoms. The molecule has 1 amide bonds. The van der Waals surface area contributed by atoms with E-state index in [9.17, 15) is 9.59 Å². The number of fused-ring (bicyclic) bond motifs is 1. The average molecular weight is 367 g/mol. The number of amides is 1. The summed E-state index contributed by atoms with van der Waals surface area (Å²) in [6.07, 6.45) is 0.690. The van der Waals surface area contributed by atoms with Crippen molar-refractivity contribution in [2.75, 3.05) is 13.7 Å². The molecule has 0 saturated heterocycles. The second kappa shape index (κ2) is 8.25. The maximum atomic E-state index is 12.8. The first-order chi connectivity index (χ1) is 13.0. The normalized spacial score (nSPS) is 15.8. The molecule has 142 valence electrons. The van der Waals surface area contributed by atoms with Crippen LogP contribution in [0.1, 0.15) is 28.7 Å². The van der Waals surface area contributed by atoms with Crippen molar-refractivity contribution in [2.24, 2.45) is 0 Å². The van der Waals surface area contributed by atoms with Gasteiger partial charge in [-0.1, -0.05) is 42.0 Å². The Morgan fingerprint density at radius 3 is 2.56 bits per heavy atom. The van der Waals surface area contributed by atoms with Crippen molar-refractivity contribution in [3.8, 4) is 5.75 Å². The Labute approximate surface area is 159 Å². The molecule has 2 aromatic carbocycles. The highest BCUT2D eigenvalue weighted by Crippen LogP contribution is 2.25. The summed E-state index contributed by atoms with van der Waals surface area (Å²) in [7, 11) is 1.36. The molecule has 1 aliphatic rings. The fraction of sp³-hybridized carbons (Fsp3) is 0.364. The fourth-order valence-electron chi connectivity index (χ4n) is 3.48. The van der Waals surface area contributed by atoms with Crippen molar-refractivity contribution >= 4 is 11.9 Å². The van der Waals surface area contributed by atoms with Crippen molar-refractivity contribution in [3.63, 3.8) is 0 Å². The highest BCUT2D eigenvalue weighted by Gasteiger charge is 2.34. The molecule has 1 atom stereocenters. The maximum Gasteiger partial charge on any atom is 0.328 e. The molecule has 1 aliphatic heterocycles. The summed E-state index contributed by atoms with van der Waals surface area (Å²) in [5, 5.41) is 0. The molecule has 0 fully saturated rings. The number of nitrogens with zero attached hydrogens (tertiary/aromatic N) is 1. The summed E-state index contributed by atoms with van der Waals surface area (Å²) >= 11 is 0. The summed E-state index contributed by atoms with van der Waals surface area (Å²) < 4.78 is 10.7. The van der Waals surface area contributed by atoms with Crippen molar-refractivity contribution < 1.29 is 19.1 Å². The van der Waals surface area contributed by atoms with Crippen molar-refractivity contribution in [2.45, 2.75) is 39.3 Å². The number of methoxy groups -OCH3 is 1. The molecule has 0 bridgehead atoms. The lowest BCUT2D eigenvalue weighted by molar-refractivity contribution is -0.154. The molecular formula is C22H25NO4. The third kappa shape index (κ3) is 4.30. The van der Waals surface area contributed by atoms with E-state index in [2.05, 4.69) is 0 Å². The minimum absolute atomic E-state index is 0.107. The first kappa shape index (κ1) is 19.0. The topological polar surface area (TPSA) is 55.8 Å². The monoisotopic (exact) mass is 367 g/mol. The predicted molar refractivity (Wildman–Crippen MR) is 103 cm³/mol. The SMILES string of the molecule is COC(=O)C1Cc2ccccc2CN1C(=O)CCOc1ccc(C)cc1C. The van der Waals surface area contributed by atoms with Crippen molar-refractivity contribution in [1.29, 1.82) is 0 Å². The highest BCUT2D eigenvalue weighted by atomic mass is 16.5. The number of rotatable bonds is 5. The Hall–Kier alpha value is -2.82. The van der Waals surface area contributed by atoms with Crippen LogP contribution in [0.5, 0.6) is 5.75 Å². The predicted octanol–water partition coefficient (Wildman–Crippen LogP) is 3.20. The van der Waals surface area contributed by atoms with E-state index >= 15 is 0 Å². The van der Waals surface area contributed by atoms with E-state index in [-0.39, 0.29) is 24.9 Å².